The van der Waals surface area contributed by atoms with Crippen molar-refractivity contribution in [2.45, 2.75) is 78.4 Å². The Kier molecular flexibility index (Phi) is 8.97. The summed E-state index contributed by atoms with van der Waals surface area (Å²) >= 11 is 4.57. The van der Waals surface area contributed by atoms with Crippen molar-refractivity contribution in [3.8, 4) is 11.5 Å². The predicted molar refractivity (Wildman–Crippen MR) is 130 cm³/mol. The molecule has 0 spiro atoms. The van der Waals surface area contributed by atoms with Gasteiger partial charge < -0.3 is 20.4 Å². The maximum absolute atomic E-state index is 10.1. The van der Waals surface area contributed by atoms with Gasteiger partial charge >= 0.3 is 0 Å². The fraction of sp³-hybridized carbons (Fsp3) is 0.480. The molecule has 0 aliphatic heterocycles. The van der Waals surface area contributed by atoms with Gasteiger partial charge in [-0.15, -0.1) is 0 Å². The molecule has 6 heteroatoms. The molecule has 31 heavy (non-hydrogen) atoms. The lowest BCUT2D eigenvalue weighted by atomic mass is 9.84. The van der Waals surface area contributed by atoms with Crippen molar-refractivity contribution in [1.29, 1.82) is 0 Å². The topological polar surface area (TPSA) is 93.3 Å². The Labute approximate surface area is 191 Å². The summed E-state index contributed by atoms with van der Waals surface area (Å²) in [5.41, 5.74) is 2.92. The van der Waals surface area contributed by atoms with Crippen LogP contribution >= 0.6 is 12.2 Å². The lowest BCUT2D eigenvalue weighted by molar-refractivity contribution is 0.194. The van der Waals surface area contributed by atoms with E-state index in [-0.39, 0.29) is 22.3 Å². The second kappa shape index (κ2) is 10.4. The lowest BCUT2D eigenvalue weighted by Gasteiger charge is -2.23. The van der Waals surface area contributed by atoms with Gasteiger partial charge in [-0.1, -0.05) is 59.7 Å². The van der Waals surface area contributed by atoms with Crippen LogP contribution in [0, 0.1) is 0 Å². The zero-order valence-corrected chi connectivity index (χ0v) is 20.5. The summed E-state index contributed by atoms with van der Waals surface area (Å²) in [6.07, 6.45) is -1.38. The lowest BCUT2D eigenvalue weighted by Crippen LogP contribution is -2.12. The second-order valence-corrected chi connectivity index (χ2v) is 9.91. The van der Waals surface area contributed by atoms with Gasteiger partial charge in [0.1, 0.15) is 11.5 Å². The molecule has 4 N–H and O–H groups in total. The standard InChI is InChI=1S/C13H17NO2S.C12H18O2/c1-8(15)10-5-9(14-7-17)6-11(12(10)16)13(2,3)4;1-8(13)9-6-5-7-10(11(9)14)12(2,3)4/h5-6,8,15-16H,1-4H3;5-8,13-14H,1-4H3. The van der Waals surface area contributed by atoms with E-state index in [0.29, 0.717) is 16.8 Å². The van der Waals surface area contributed by atoms with Crippen LogP contribution in [0.3, 0.4) is 0 Å². The summed E-state index contributed by atoms with van der Waals surface area (Å²) in [7, 11) is 0. The first-order valence-electron chi connectivity index (χ1n) is 10.2. The van der Waals surface area contributed by atoms with Gasteiger partial charge in [0.05, 0.1) is 23.1 Å². The Morgan fingerprint density at radius 2 is 1.29 bits per heavy atom. The third-order valence-corrected chi connectivity index (χ3v) is 4.97. The molecule has 0 fully saturated rings. The number of nitrogens with zero attached hydrogens (tertiary/aromatic N) is 1. The van der Waals surface area contributed by atoms with E-state index in [1.165, 1.54) is 0 Å². The molecule has 0 radical (unpaired) electrons. The Hall–Kier alpha value is -2.24. The van der Waals surface area contributed by atoms with E-state index in [4.69, 9.17) is 0 Å². The van der Waals surface area contributed by atoms with Crippen LogP contribution in [-0.4, -0.2) is 25.6 Å². The average Bonchev–Trinajstić information content (AvgIpc) is 2.61. The molecule has 2 rings (SSSR count). The van der Waals surface area contributed by atoms with Crippen molar-refractivity contribution in [2.24, 2.45) is 4.99 Å². The number of para-hydroxylation sites is 1. The molecule has 0 bridgehead atoms. The molecule has 0 amide bonds. The van der Waals surface area contributed by atoms with Gasteiger partial charge in [0.2, 0.25) is 0 Å². The van der Waals surface area contributed by atoms with Crippen molar-refractivity contribution < 1.29 is 20.4 Å². The van der Waals surface area contributed by atoms with E-state index in [0.717, 1.165) is 11.1 Å². The molecule has 2 unspecified atom stereocenters. The van der Waals surface area contributed by atoms with E-state index in [1.807, 2.05) is 53.7 Å². The SMILES string of the molecule is CC(O)c1cc(N=C=S)cc(C(C)(C)C)c1O.CC(O)c1cccc(C(C)(C)C)c1O. The fourth-order valence-electron chi connectivity index (χ4n) is 3.15. The normalized spacial score (nSPS) is 13.5. The molecule has 2 atom stereocenters. The quantitative estimate of drug-likeness (QED) is 0.332. The molecule has 0 heterocycles. The first-order valence-corrected chi connectivity index (χ1v) is 10.7. The molecular weight excluding hydrogens is 410 g/mol. The number of hydrogen-bond donors (Lipinski definition) is 4. The zero-order chi connectivity index (χ0) is 24.1. The second-order valence-electron chi connectivity index (χ2n) is 9.73. The molecule has 170 valence electrons. The average molecular weight is 446 g/mol. The number of phenolic OH excluding ortho intramolecular Hbond substituents is 2. The van der Waals surface area contributed by atoms with Crippen LogP contribution in [0.5, 0.6) is 11.5 Å². The van der Waals surface area contributed by atoms with Crippen molar-refractivity contribution in [3.05, 3.63) is 52.6 Å². The van der Waals surface area contributed by atoms with Crippen LogP contribution in [0.25, 0.3) is 0 Å². The highest BCUT2D eigenvalue weighted by molar-refractivity contribution is 7.78. The number of aliphatic hydroxyl groups excluding tert-OH is 2. The Balaban J connectivity index is 0.000000316. The van der Waals surface area contributed by atoms with Crippen molar-refractivity contribution in [1.82, 2.24) is 0 Å². The molecule has 2 aromatic rings. The van der Waals surface area contributed by atoms with Crippen molar-refractivity contribution in [2.75, 3.05) is 0 Å². The van der Waals surface area contributed by atoms with Crippen molar-refractivity contribution >= 4 is 23.1 Å². The van der Waals surface area contributed by atoms with Crippen molar-refractivity contribution in [3.63, 3.8) is 0 Å². The number of aliphatic hydroxyl groups is 2. The van der Waals surface area contributed by atoms with Crippen LogP contribution in [0.4, 0.5) is 5.69 Å². The third-order valence-electron chi connectivity index (χ3n) is 4.88. The third kappa shape index (κ3) is 7.15. The van der Waals surface area contributed by atoms with Crippen LogP contribution < -0.4 is 0 Å². The maximum Gasteiger partial charge on any atom is 0.125 e. The Morgan fingerprint density at radius 1 is 0.806 bits per heavy atom. The predicted octanol–water partition coefficient (Wildman–Crippen LogP) is 6.22. The van der Waals surface area contributed by atoms with E-state index in [1.54, 1.807) is 32.0 Å². The molecular formula is C25H35NO4S. The summed E-state index contributed by atoms with van der Waals surface area (Å²) in [5.74, 6) is 0.339. The molecule has 2 aromatic carbocycles. The van der Waals surface area contributed by atoms with Gasteiger partial charge in [-0.25, -0.2) is 0 Å². The number of isothiocyanates is 1. The molecule has 0 aromatic heterocycles. The van der Waals surface area contributed by atoms with Gasteiger partial charge in [-0.3, -0.25) is 0 Å². The maximum atomic E-state index is 10.1. The summed E-state index contributed by atoms with van der Waals surface area (Å²) in [5, 5.41) is 41.4. The fourth-order valence-corrected chi connectivity index (χ4v) is 3.26. The molecule has 0 aliphatic rings. The Bertz CT molecular complexity index is 947. The zero-order valence-electron chi connectivity index (χ0n) is 19.7. The van der Waals surface area contributed by atoms with E-state index in [2.05, 4.69) is 22.4 Å². The summed E-state index contributed by atoms with van der Waals surface area (Å²) < 4.78 is 0. The highest BCUT2D eigenvalue weighted by atomic mass is 32.1. The highest BCUT2D eigenvalue weighted by Crippen LogP contribution is 2.39. The largest absolute Gasteiger partial charge is 0.507 e. The van der Waals surface area contributed by atoms with Gasteiger partial charge in [0.15, 0.2) is 0 Å². The van der Waals surface area contributed by atoms with Crippen LogP contribution in [-0.2, 0) is 10.8 Å². The first-order chi connectivity index (χ1) is 14.1. The number of benzene rings is 2. The smallest absolute Gasteiger partial charge is 0.125 e. The number of rotatable bonds is 3. The minimum absolute atomic E-state index is 0.102. The molecule has 0 saturated carbocycles. The van der Waals surface area contributed by atoms with Crippen LogP contribution in [0.1, 0.15) is 89.9 Å². The number of aliphatic imine (C=N–C) groups is 1. The first kappa shape index (κ1) is 26.8. The minimum Gasteiger partial charge on any atom is -0.507 e. The van der Waals surface area contributed by atoms with E-state index < -0.39 is 12.2 Å². The summed E-state index contributed by atoms with van der Waals surface area (Å²) in [4.78, 5) is 3.91. The minimum atomic E-state index is -0.753. The van der Waals surface area contributed by atoms with E-state index >= 15 is 0 Å². The summed E-state index contributed by atoms with van der Waals surface area (Å²) in [6, 6.07) is 8.88. The monoisotopic (exact) mass is 445 g/mol. The molecule has 5 nitrogen and oxygen atoms in total. The number of thiocarbonyl (C=S) groups is 1. The van der Waals surface area contributed by atoms with Gasteiger partial charge in [-0.05, 0) is 54.6 Å². The van der Waals surface area contributed by atoms with Gasteiger partial charge in [0, 0.05) is 16.7 Å². The van der Waals surface area contributed by atoms with Crippen LogP contribution in [0.2, 0.25) is 0 Å². The number of phenols is 2. The number of aromatic hydroxyl groups is 2. The van der Waals surface area contributed by atoms with E-state index in [9.17, 15) is 20.4 Å². The summed E-state index contributed by atoms with van der Waals surface area (Å²) in [6.45, 7) is 15.3. The molecule has 0 aliphatic carbocycles. The number of hydrogen-bond acceptors (Lipinski definition) is 6. The van der Waals surface area contributed by atoms with Gasteiger partial charge in [0.25, 0.3) is 0 Å². The van der Waals surface area contributed by atoms with Gasteiger partial charge in [-0.2, -0.15) is 4.99 Å². The Morgan fingerprint density at radius 3 is 1.71 bits per heavy atom. The molecule has 0 saturated heterocycles. The highest BCUT2D eigenvalue weighted by Gasteiger charge is 2.23. The van der Waals surface area contributed by atoms with Crippen LogP contribution in [0.15, 0.2) is 35.3 Å².